The molecular formula is C15H23FN2O. The zero-order chi connectivity index (χ0) is 13.8. The lowest BCUT2D eigenvalue weighted by molar-refractivity contribution is 0.112. The van der Waals surface area contributed by atoms with Crippen molar-refractivity contribution in [2.45, 2.75) is 32.4 Å². The van der Waals surface area contributed by atoms with Crippen molar-refractivity contribution < 1.29 is 9.13 Å². The Hall–Kier alpha value is -1.13. The van der Waals surface area contributed by atoms with Gasteiger partial charge in [-0.3, -0.25) is 4.90 Å². The molecule has 0 bridgehead atoms. The summed E-state index contributed by atoms with van der Waals surface area (Å²) in [5.74, 6) is 0.512. The highest BCUT2D eigenvalue weighted by Gasteiger charge is 2.31. The molecule has 4 heteroatoms. The van der Waals surface area contributed by atoms with Crippen molar-refractivity contribution in [3.8, 4) is 0 Å². The second-order valence-corrected chi connectivity index (χ2v) is 5.38. The van der Waals surface area contributed by atoms with Crippen LogP contribution in [0, 0.1) is 11.7 Å². The lowest BCUT2D eigenvalue weighted by Gasteiger charge is -2.29. The molecule has 2 rings (SSSR count). The van der Waals surface area contributed by atoms with Gasteiger partial charge < -0.3 is 10.5 Å². The number of hydrogen-bond acceptors (Lipinski definition) is 3. The second kappa shape index (κ2) is 6.35. The third-order valence-corrected chi connectivity index (χ3v) is 3.94. The first kappa shape index (κ1) is 14.3. The molecule has 106 valence electrons. The third kappa shape index (κ3) is 3.91. The number of hydrogen-bond donors (Lipinski definition) is 1. The van der Waals surface area contributed by atoms with E-state index in [0.717, 1.165) is 24.6 Å². The molecule has 0 amide bonds. The number of ether oxygens (including phenoxy) is 1. The predicted molar refractivity (Wildman–Crippen MR) is 75.3 cm³/mol. The van der Waals surface area contributed by atoms with Gasteiger partial charge in [0, 0.05) is 31.9 Å². The standard InChI is InChI=1S/C15H23FN2O/c1-11(12-3-4-12)18(7-8-19-2)10-13-5-6-14(16)9-15(13)17/h5-6,9,11-12H,3-4,7-8,10,17H2,1-2H3. The highest BCUT2D eigenvalue weighted by atomic mass is 19.1. The Morgan fingerprint density at radius 1 is 1.47 bits per heavy atom. The molecule has 0 heterocycles. The van der Waals surface area contributed by atoms with E-state index < -0.39 is 0 Å². The number of methoxy groups -OCH3 is 1. The van der Waals surface area contributed by atoms with Crippen LogP contribution in [0.5, 0.6) is 0 Å². The quantitative estimate of drug-likeness (QED) is 0.771. The van der Waals surface area contributed by atoms with Gasteiger partial charge in [-0.2, -0.15) is 0 Å². The molecule has 1 atom stereocenters. The number of nitrogens with zero attached hydrogens (tertiary/aromatic N) is 1. The maximum absolute atomic E-state index is 13.1. The van der Waals surface area contributed by atoms with Crippen molar-refractivity contribution in [1.29, 1.82) is 0 Å². The SMILES string of the molecule is COCCN(Cc1ccc(F)cc1N)C(C)C1CC1. The largest absolute Gasteiger partial charge is 0.398 e. The van der Waals surface area contributed by atoms with Crippen LogP contribution in [0.15, 0.2) is 18.2 Å². The van der Waals surface area contributed by atoms with Gasteiger partial charge >= 0.3 is 0 Å². The summed E-state index contributed by atoms with van der Waals surface area (Å²) in [6, 6.07) is 5.18. The van der Waals surface area contributed by atoms with Gasteiger partial charge in [-0.15, -0.1) is 0 Å². The number of benzene rings is 1. The fourth-order valence-corrected chi connectivity index (χ4v) is 2.44. The Kier molecular flexibility index (Phi) is 4.77. The van der Waals surface area contributed by atoms with Gasteiger partial charge in [0.1, 0.15) is 5.82 Å². The lowest BCUT2D eigenvalue weighted by Crippen LogP contribution is -2.36. The highest BCUT2D eigenvalue weighted by molar-refractivity contribution is 5.46. The van der Waals surface area contributed by atoms with E-state index in [1.54, 1.807) is 13.2 Å². The van der Waals surface area contributed by atoms with Crippen LogP contribution in [0.1, 0.15) is 25.3 Å². The first-order valence-corrected chi connectivity index (χ1v) is 6.88. The molecule has 1 unspecified atom stereocenters. The van der Waals surface area contributed by atoms with Crippen LogP contribution >= 0.6 is 0 Å². The highest BCUT2D eigenvalue weighted by Crippen LogP contribution is 2.35. The Labute approximate surface area is 114 Å². The number of nitrogens with two attached hydrogens (primary N) is 1. The zero-order valence-corrected chi connectivity index (χ0v) is 11.7. The van der Waals surface area contributed by atoms with Gasteiger partial charge in [0.25, 0.3) is 0 Å². The third-order valence-electron chi connectivity index (χ3n) is 3.94. The van der Waals surface area contributed by atoms with E-state index in [4.69, 9.17) is 10.5 Å². The zero-order valence-electron chi connectivity index (χ0n) is 11.7. The summed E-state index contributed by atoms with van der Waals surface area (Å²) in [4.78, 5) is 2.38. The van der Waals surface area contributed by atoms with Gasteiger partial charge in [0.05, 0.1) is 6.61 Å². The minimum absolute atomic E-state index is 0.278. The summed E-state index contributed by atoms with van der Waals surface area (Å²) in [5, 5.41) is 0. The van der Waals surface area contributed by atoms with Crippen molar-refractivity contribution in [1.82, 2.24) is 4.90 Å². The predicted octanol–water partition coefficient (Wildman–Crippen LogP) is 2.65. The smallest absolute Gasteiger partial charge is 0.125 e. The van der Waals surface area contributed by atoms with Crippen LogP contribution in [-0.4, -0.2) is 31.2 Å². The maximum atomic E-state index is 13.1. The van der Waals surface area contributed by atoms with E-state index in [0.29, 0.717) is 18.3 Å². The molecule has 1 saturated carbocycles. The van der Waals surface area contributed by atoms with Crippen LogP contribution in [0.2, 0.25) is 0 Å². The number of nitrogen functional groups attached to an aromatic ring is 1. The maximum Gasteiger partial charge on any atom is 0.125 e. The summed E-state index contributed by atoms with van der Waals surface area (Å²) in [6.45, 7) is 4.60. The molecule has 2 N–H and O–H groups in total. The number of rotatable bonds is 7. The monoisotopic (exact) mass is 266 g/mol. The second-order valence-electron chi connectivity index (χ2n) is 5.38. The van der Waals surface area contributed by atoms with E-state index in [9.17, 15) is 4.39 Å². The average Bonchev–Trinajstić information content (AvgIpc) is 3.20. The molecule has 0 spiro atoms. The topological polar surface area (TPSA) is 38.5 Å². The van der Waals surface area contributed by atoms with Gasteiger partial charge in [-0.05, 0) is 43.4 Å². The van der Waals surface area contributed by atoms with Gasteiger partial charge in [0.15, 0.2) is 0 Å². The molecule has 1 fully saturated rings. The minimum Gasteiger partial charge on any atom is -0.398 e. The van der Waals surface area contributed by atoms with Gasteiger partial charge in [0.2, 0.25) is 0 Å². The molecule has 1 aromatic rings. The molecule has 0 saturated heterocycles. The van der Waals surface area contributed by atoms with Crippen LogP contribution in [0.25, 0.3) is 0 Å². The van der Waals surface area contributed by atoms with Gasteiger partial charge in [-0.25, -0.2) is 4.39 Å². The fraction of sp³-hybridized carbons (Fsp3) is 0.600. The van der Waals surface area contributed by atoms with Crippen molar-refractivity contribution in [2.24, 2.45) is 5.92 Å². The summed E-state index contributed by atoms with van der Waals surface area (Å²) >= 11 is 0. The summed E-state index contributed by atoms with van der Waals surface area (Å²) < 4.78 is 18.2. The molecule has 19 heavy (non-hydrogen) atoms. The molecule has 0 aromatic heterocycles. The fourth-order valence-electron chi connectivity index (χ4n) is 2.44. The molecule has 0 radical (unpaired) electrons. The van der Waals surface area contributed by atoms with E-state index in [1.165, 1.54) is 25.0 Å². The van der Waals surface area contributed by atoms with Crippen molar-refractivity contribution in [3.05, 3.63) is 29.6 Å². The Morgan fingerprint density at radius 3 is 2.79 bits per heavy atom. The molecule has 1 aliphatic rings. The first-order chi connectivity index (χ1) is 9.11. The van der Waals surface area contributed by atoms with E-state index >= 15 is 0 Å². The van der Waals surface area contributed by atoms with Crippen LogP contribution < -0.4 is 5.73 Å². The van der Waals surface area contributed by atoms with Crippen LogP contribution in [0.4, 0.5) is 10.1 Å². The van der Waals surface area contributed by atoms with E-state index in [-0.39, 0.29) is 5.82 Å². The summed E-state index contributed by atoms with van der Waals surface area (Å²) in [6.07, 6.45) is 2.62. The molecule has 1 aromatic carbocycles. The summed E-state index contributed by atoms with van der Waals surface area (Å²) in [5.41, 5.74) is 7.42. The van der Waals surface area contributed by atoms with Crippen LogP contribution in [0.3, 0.4) is 0 Å². The summed E-state index contributed by atoms with van der Waals surface area (Å²) in [7, 11) is 1.71. The minimum atomic E-state index is -0.278. The van der Waals surface area contributed by atoms with Crippen molar-refractivity contribution >= 4 is 5.69 Å². The Balaban J connectivity index is 2.05. The first-order valence-electron chi connectivity index (χ1n) is 6.88. The van der Waals surface area contributed by atoms with Crippen molar-refractivity contribution in [3.63, 3.8) is 0 Å². The van der Waals surface area contributed by atoms with Crippen LogP contribution in [-0.2, 0) is 11.3 Å². The average molecular weight is 266 g/mol. The van der Waals surface area contributed by atoms with Gasteiger partial charge in [-0.1, -0.05) is 6.07 Å². The molecular weight excluding hydrogens is 243 g/mol. The van der Waals surface area contributed by atoms with Crippen molar-refractivity contribution in [2.75, 3.05) is 26.0 Å². The van der Waals surface area contributed by atoms with E-state index in [2.05, 4.69) is 11.8 Å². The molecule has 3 nitrogen and oxygen atoms in total. The lowest BCUT2D eigenvalue weighted by atomic mass is 10.1. The number of halogens is 1. The number of anilines is 1. The Morgan fingerprint density at radius 2 is 2.21 bits per heavy atom. The normalized spacial score (nSPS) is 16.8. The van der Waals surface area contributed by atoms with E-state index in [1.807, 2.05) is 0 Å². The molecule has 0 aliphatic heterocycles. The Bertz CT molecular complexity index is 421. The molecule has 1 aliphatic carbocycles.